The Morgan fingerprint density at radius 1 is 0.708 bits per heavy atom. The standard InChI is InChI=1S/C22H15NO/c24-22(17-11-5-2-6-12-17)19-15-18-13-7-8-14-20(18)23-21(19)16-9-3-1-4-10-16/h1-15H. The third-order valence-electron chi connectivity index (χ3n) is 4.05. The maximum absolute atomic E-state index is 13.0. The van der Waals surface area contributed by atoms with Gasteiger partial charge >= 0.3 is 0 Å². The summed E-state index contributed by atoms with van der Waals surface area (Å²) in [6, 6.07) is 29.0. The summed E-state index contributed by atoms with van der Waals surface area (Å²) in [7, 11) is 0. The summed E-state index contributed by atoms with van der Waals surface area (Å²) in [4.78, 5) is 17.8. The first-order valence-electron chi connectivity index (χ1n) is 7.88. The summed E-state index contributed by atoms with van der Waals surface area (Å²) in [5.74, 6) is -0.00675. The van der Waals surface area contributed by atoms with Crippen LogP contribution in [-0.4, -0.2) is 10.8 Å². The van der Waals surface area contributed by atoms with Crippen molar-refractivity contribution in [1.29, 1.82) is 0 Å². The van der Waals surface area contributed by atoms with Gasteiger partial charge in [-0.2, -0.15) is 0 Å². The lowest BCUT2D eigenvalue weighted by Crippen LogP contribution is -2.05. The number of pyridine rings is 1. The third-order valence-corrected chi connectivity index (χ3v) is 4.05. The average Bonchev–Trinajstić information content (AvgIpc) is 2.68. The third kappa shape index (κ3) is 2.59. The fourth-order valence-electron chi connectivity index (χ4n) is 2.85. The van der Waals surface area contributed by atoms with Crippen molar-refractivity contribution in [3.63, 3.8) is 0 Å². The molecular formula is C22H15NO. The fraction of sp³-hybridized carbons (Fsp3) is 0. The van der Waals surface area contributed by atoms with Crippen LogP contribution < -0.4 is 0 Å². The molecule has 3 aromatic carbocycles. The number of hydrogen-bond acceptors (Lipinski definition) is 2. The lowest BCUT2D eigenvalue weighted by atomic mass is 9.96. The molecule has 0 radical (unpaired) electrons. The number of hydrogen-bond donors (Lipinski definition) is 0. The van der Waals surface area contributed by atoms with Crippen LogP contribution in [0.5, 0.6) is 0 Å². The van der Waals surface area contributed by atoms with Gasteiger partial charge in [0.05, 0.1) is 11.2 Å². The van der Waals surface area contributed by atoms with Crippen molar-refractivity contribution >= 4 is 16.7 Å². The molecule has 2 nitrogen and oxygen atoms in total. The van der Waals surface area contributed by atoms with E-state index in [1.165, 1.54) is 0 Å². The van der Waals surface area contributed by atoms with Crippen molar-refractivity contribution in [2.75, 3.05) is 0 Å². The summed E-state index contributed by atoms with van der Waals surface area (Å²) >= 11 is 0. The second-order valence-corrected chi connectivity index (χ2v) is 5.64. The monoisotopic (exact) mass is 309 g/mol. The van der Waals surface area contributed by atoms with Gasteiger partial charge in [0.1, 0.15) is 0 Å². The molecule has 0 saturated carbocycles. The van der Waals surface area contributed by atoms with Gasteiger partial charge in [-0.05, 0) is 12.1 Å². The van der Waals surface area contributed by atoms with Crippen LogP contribution in [0.3, 0.4) is 0 Å². The number of nitrogens with zero attached hydrogens (tertiary/aromatic N) is 1. The maximum atomic E-state index is 13.0. The smallest absolute Gasteiger partial charge is 0.195 e. The Morgan fingerprint density at radius 3 is 2.08 bits per heavy atom. The van der Waals surface area contributed by atoms with Gasteiger partial charge in [0.2, 0.25) is 0 Å². The van der Waals surface area contributed by atoms with E-state index in [0.717, 1.165) is 22.2 Å². The molecule has 0 N–H and O–H groups in total. The van der Waals surface area contributed by atoms with Crippen molar-refractivity contribution < 1.29 is 4.79 Å². The number of ketones is 1. The van der Waals surface area contributed by atoms with E-state index in [9.17, 15) is 4.79 Å². The summed E-state index contributed by atoms with van der Waals surface area (Å²) in [6.45, 7) is 0. The molecule has 0 saturated heterocycles. The lowest BCUT2D eigenvalue weighted by molar-refractivity contribution is 0.103. The number of carbonyl (C=O) groups excluding carboxylic acids is 1. The molecule has 0 unspecified atom stereocenters. The number of fused-ring (bicyclic) bond motifs is 1. The Bertz CT molecular complexity index is 1010. The molecule has 4 rings (SSSR count). The fourth-order valence-corrected chi connectivity index (χ4v) is 2.85. The Kier molecular flexibility index (Phi) is 3.64. The zero-order valence-electron chi connectivity index (χ0n) is 13.0. The zero-order valence-corrected chi connectivity index (χ0v) is 13.0. The van der Waals surface area contributed by atoms with E-state index in [1.807, 2.05) is 91.0 Å². The first-order valence-corrected chi connectivity index (χ1v) is 7.88. The molecule has 1 aromatic heterocycles. The Balaban J connectivity index is 1.97. The molecule has 0 bridgehead atoms. The van der Waals surface area contributed by atoms with Crippen molar-refractivity contribution in [2.45, 2.75) is 0 Å². The van der Waals surface area contributed by atoms with Crippen molar-refractivity contribution in [3.8, 4) is 11.3 Å². The topological polar surface area (TPSA) is 30.0 Å². The van der Waals surface area contributed by atoms with E-state index < -0.39 is 0 Å². The number of para-hydroxylation sites is 1. The van der Waals surface area contributed by atoms with Crippen LogP contribution in [0.15, 0.2) is 91.0 Å². The molecule has 0 aliphatic rings. The van der Waals surface area contributed by atoms with Crippen LogP contribution in [0.4, 0.5) is 0 Å². The van der Waals surface area contributed by atoms with Crippen LogP contribution in [-0.2, 0) is 0 Å². The molecular weight excluding hydrogens is 294 g/mol. The van der Waals surface area contributed by atoms with Crippen molar-refractivity contribution in [3.05, 3.63) is 102 Å². The molecule has 24 heavy (non-hydrogen) atoms. The van der Waals surface area contributed by atoms with Gasteiger partial charge in [-0.25, -0.2) is 4.98 Å². The van der Waals surface area contributed by atoms with E-state index in [1.54, 1.807) is 0 Å². The molecule has 2 heteroatoms. The molecule has 0 fully saturated rings. The lowest BCUT2D eigenvalue weighted by Gasteiger charge is -2.10. The SMILES string of the molecule is O=C(c1ccccc1)c1cc2ccccc2nc1-c1ccccc1. The highest BCUT2D eigenvalue weighted by Gasteiger charge is 2.17. The minimum Gasteiger partial charge on any atom is -0.289 e. The summed E-state index contributed by atoms with van der Waals surface area (Å²) < 4.78 is 0. The molecule has 4 aromatic rings. The Morgan fingerprint density at radius 2 is 1.33 bits per heavy atom. The Hall–Kier alpha value is -3.26. The summed E-state index contributed by atoms with van der Waals surface area (Å²) in [6.07, 6.45) is 0. The highest BCUT2D eigenvalue weighted by atomic mass is 16.1. The van der Waals surface area contributed by atoms with Gasteiger partial charge in [0.15, 0.2) is 5.78 Å². The van der Waals surface area contributed by atoms with E-state index in [-0.39, 0.29) is 5.78 Å². The van der Waals surface area contributed by atoms with Crippen molar-refractivity contribution in [1.82, 2.24) is 4.98 Å². The van der Waals surface area contributed by atoms with Gasteiger partial charge in [-0.3, -0.25) is 4.79 Å². The quantitative estimate of drug-likeness (QED) is 0.491. The highest BCUT2D eigenvalue weighted by Crippen LogP contribution is 2.27. The van der Waals surface area contributed by atoms with Crippen LogP contribution >= 0.6 is 0 Å². The zero-order chi connectivity index (χ0) is 16.4. The molecule has 0 spiro atoms. The predicted molar refractivity (Wildman–Crippen MR) is 97.1 cm³/mol. The average molecular weight is 309 g/mol. The van der Waals surface area contributed by atoms with Crippen molar-refractivity contribution in [2.24, 2.45) is 0 Å². The van der Waals surface area contributed by atoms with Gasteiger partial charge < -0.3 is 0 Å². The minimum absolute atomic E-state index is 0.00675. The van der Waals surface area contributed by atoms with Gasteiger partial charge in [-0.1, -0.05) is 78.9 Å². The van der Waals surface area contributed by atoms with E-state index >= 15 is 0 Å². The summed E-state index contributed by atoms with van der Waals surface area (Å²) in [5, 5.41) is 0.969. The van der Waals surface area contributed by atoms with E-state index in [4.69, 9.17) is 4.98 Å². The first-order chi connectivity index (χ1) is 11.8. The number of benzene rings is 3. The first kappa shape index (κ1) is 14.3. The molecule has 1 heterocycles. The Labute approximate surface area is 140 Å². The summed E-state index contributed by atoms with van der Waals surface area (Å²) in [5.41, 5.74) is 3.87. The molecule has 114 valence electrons. The van der Waals surface area contributed by atoms with Crippen LogP contribution in [0, 0.1) is 0 Å². The highest BCUT2D eigenvalue weighted by molar-refractivity contribution is 6.13. The molecule has 0 aliphatic carbocycles. The van der Waals surface area contributed by atoms with E-state index in [2.05, 4.69) is 0 Å². The minimum atomic E-state index is -0.00675. The van der Waals surface area contributed by atoms with E-state index in [0.29, 0.717) is 11.1 Å². The second-order valence-electron chi connectivity index (χ2n) is 5.64. The predicted octanol–water partition coefficient (Wildman–Crippen LogP) is 5.13. The maximum Gasteiger partial charge on any atom is 0.195 e. The van der Waals surface area contributed by atoms with Crippen LogP contribution in [0.2, 0.25) is 0 Å². The van der Waals surface area contributed by atoms with Gasteiger partial charge in [-0.15, -0.1) is 0 Å². The normalized spacial score (nSPS) is 10.7. The molecule has 0 atom stereocenters. The van der Waals surface area contributed by atoms with Gasteiger partial charge in [0.25, 0.3) is 0 Å². The van der Waals surface area contributed by atoms with Crippen LogP contribution in [0.1, 0.15) is 15.9 Å². The van der Waals surface area contributed by atoms with Gasteiger partial charge in [0, 0.05) is 22.1 Å². The number of carbonyl (C=O) groups is 1. The molecule has 0 aliphatic heterocycles. The second kappa shape index (κ2) is 6.09. The molecule has 0 amide bonds. The van der Waals surface area contributed by atoms with Crippen LogP contribution in [0.25, 0.3) is 22.2 Å². The number of aromatic nitrogens is 1. The largest absolute Gasteiger partial charge is 0.289 e. The number of rotatable bonds is 3.